The molecule has 3 atom stereocenters. The molecule has 9 heteroatoms. The van der Waals surface area contributed by atoms with E-state index in [1.165, 1.54) is 31.5 Å². The van der Waals surface area contributed by atoms with Crippen LogP contribution in [0.3, 0.4) is 0 Å². The van der Waals surface area contributed by atoms with E-state index >= 15 is 0 Å². The number of nitrogens with zero attached hydrogens (tertiary/aromatic N) is 3. The number of fused-ring (bicyclic) bond motifs is 1. The van der Waals surface area contributed by atoms with Gasteiger partial charge >= 0.3 is 0 Å². The Bertz CT molecular complexity index is 717. The maximum atomic E-state index is 13.5. The minimum absolute atomic E-state index is 0. The van der Waals surface area contributed by atoms with Gasteiger partial charge in [0.25, 0.3) is 0 Å². The molecule has 0 aromatic heterocycles. The summed E-state index contributed by atoms with van der Waals surface area (Å²) >= 11 is 0. The van der Waals surface area contributed by atoms with Crippen molar-refractivity contribution in [1.29, 1.82) is 0 Å². The van der Waals surface area contributed by atoms with Crippen molar-refractivity contribution >= 4 is 29.9 Å². The lowest BCUT2D eigenvalue weighted by atomic mass is 10.0. The van der Waals surface area contributed by atoms with Crippen LogP contribution in [0.15, 0.2) is 29.3 Å². The lowest BCUT2D eigenvalue weighted by Crippen LogP contribution is -2.51. The fourth-order valence-electron chi connectivity index (χ4n) is 4.74. The number of morpholine rings is 2. The molecule has 3 saturated heterocycles. The molecule has 1 aromatic carbocycles. The Morgan fingerprint density at radius 1 is 1.19 bits per heavy atom. The van der Waals surface area contributed by atoms with Gasteiger partial charge in [-0.3, -0.25) is 14.8 Å². The van der Waals surface area contributed by atoms with E-state index in [4.69, 9.17) is 14.5 Å². The highest BCUT2D eigenvalue weighted by molar-refractivity contribution is 14.0. The summed E-state index contributed by atoms with van der Waals surface area (Å²) in [6, 6.07) is 7.50. The zero-order chi connectivity index (χ0) is 21.5. The van der Waals surface area contributed by atoms with Crippen molar-refractivity contribution in [3.8, 4) is 0 Å². The Balaban J connectivity index is 0.00000289. The first-order valence-corrected chi connectivity index (χ1v) is 11.7. The summed E-state index contributed by atoms with van der Waals surface area (Å²) < 4.78 is 25.1. The van der Waals surface area contributed by atoms with Gasteiger partial charge < -0.3 is 20.1 Å². The Morgan fingerprint density at radius 3 is 2.72 bits per heavy atom. The lowest BCUT2D eigenvalue weighted by Gasteiger charge is -2.35. The van der Waals surface area contributed by atoms with E-state index in [1.54, 1.807) is 0 Å². The number of ether oxygens (including phenoxy) is 2. The first-order chi connectivity index (χ1) is 15.2. The van der Waals surface area contributed by atoms with Crippen LogP contribution in [0.25, 0.3) is 0 Å². The number of halogens is 2. The van der Waals surface area contributed by atoms with Crippen LogP contribution in [0.2, 0.25) is 0 Å². The molecular formula is C23H37FIN5O2. The van der Waals surface area contributed by atoms with Gasteiger partial charge in [0.15, 0.2) is 5.96 Å². The van der Waals surface area contributed by atoms with Crippen LogP contribution in [0, 0.1) is 5.82 Å². The first-order valence-electron chi connectivity index (χ1n) is 11.7. The summed E-state index contributed by atoms with van der Waals surface area (Å²) in [4.78, 5) is 9.82. The van der Waals surface area contributed by atoms with Crippen LogP contribution in [0.4, 0.5) is 4.39 Å². The molecule has 2 N–H and O–H groups in total. The predicted molar refractivity (Wildman–Crippen MR) is 135 cm³/mol. The van der Waals surface area contributed by atoms with Gasteiger partial charge in [-0.2, -0.15) is 0 Å². The van der Waals surface area contributed by atoms with Crippen molar-refractivity contribution in [3.05, 3.63) is 35.6 Å². The minimum Gasteiger partial charge on any atom is -0.379 e. The molecule has 180 valence electrons. The zero-order valence-electron chi connectivity index (χ0n) is 19.0. The minimum atomic E-state index is -0.212. The van der Waals surface area contributed by atoms with Gasteiger partial charge in [-0.15, -0.1) is 24.0 Å². The largest absolute Gasteiger partial charge is 0.379 e. The van der Waals surface area contributed by atoms with Crippen LogP contribution in [-0.4, -0.2) is 93.5 Å². The maximum Gasteiger partial charge on any atom is 0.191 e. The van der Waals surface area contributed by atoms with E-state index in [2.05, 4.69) is 27.4 Å². The summed E-state index contributed by atoms with van der Waals surface area (Å²) in [5.41, 5.74) is 1.08. The summed E-state index contributed by atoms with van der Waals surface area (Å²) in [6.45, 7) is 10.4. The average Bonchev–Trinajstić information content (AvgIpc) is 3.27. The fraction of sp³-hybridized carbons (Fsp3) is 0.696. The normalized spacial score (nSPS) is 25.6. The van der Waals surface area contributed by atoms with Gasteiger partial charge in [0.2, 0.25) is 0 Å². The van der Waals surface area contributed by atoms with Crippen LogP contribution < -0.4 is 10.6 Å². The Kier molecular flexibility index (Phi) is 10.4. The molecule has 3 unspecified atom stereocenters. The molecule has 3 aliphatic heterocycles. The average molecular weight is 561 g/mol. The second kappa shape index (κ2) is 13.0. The third kappa shape index (κ3) is 6.99. The Hall–Kier alpha value is -1.01. The molecule has 0 amide bonds. The fourth-order valence-corrected chi connectivity index (χ4v) is 4.74. The summed E-state index contributed by atoms with van der Waals surface area (Å²) in [6.07, 6.45) is 2.73. The summed E-state index contributed by atoms with van der Waals surface area (Å²) in [7, 11) is 0. The first kappa shape index (κ1) is 25.6. The summed E-state index contributed by atoms with van der Waals surface area (Å²) in [5.74, 6) is 0.589. The molecule has 3 fully saturated rings. The molecule has 0 saturated carbocycles. The highest BCUT2D eigenvalue weighted by Gasteiger charge is 2.32. The maximum absolute atomic E-state index is 13.5. The number of hydrogen-bond donors (Lipinski definition) is 2. The van der Waals surface area contributed by atoms with Crippen molar-refractivity contribution in [2.45, 2.75) is 38.0 Å². The monoisotopic (exact) mass is 561 g/mol. The van der Waals surface area contributed by atoms with Crippen molar-refractivity contribution in [2.24, 2.45) is 4.99 Å². The highest BCUT2D eigenvalue weighted by Crippen LogP contribution is 2.23. The van der Waals surface area contributed by atoms with Crippen molar-refractivity contribution in [3.63, 3.8) is 0 Å². The third-order valence-corrected chi connectivity index (χ3v) is 6.47. The van der Waals surface area contributed by atoms with E-state index in [0.717, 1.165) is 64.1 Å². The molecule has 3 heterocycles. The molecule has 4 rings (SSSR count). The second-order valence-electron chi connectivity index (χ2n) is 8.56. The molecule has 0 radical (unpaired) electrons. The molecule has 3 aliphatic rings. The highest BCUT2D eigenvalue weighted by atomic mass is 127. The zero-order valence-corrected chi connectivity index (χ0v) is 21.3. The van der Waals surface area contributed by atoms with Crippen LogP contribution in [0.5, 0.6) is 0 Å². The van der Waals surface area contributed by atoms with E-state index in [9.17, 15) is 4.39 Å². The predicted octanol–water partition coefficient (Wildman–Crippen LogP) is 2.24. The molecule has 0 bridgehead atoms. The second-order valence-corrected chi connectivity index (χ2v) is 8.56. The van der Waals surface area contributed by atoms with Gasteiger partial charge in [-0.05, 0) is 44.0 Å². The van der Waals surface area contributed by atoms with Crippen molar-refractivity contribution in [2.75, 3.05) is 65.6 Å². The van der Waals surface area contributed by atoms with Gasteiger partial charge in [0.05, 0.1) is 38.5 Å². The molecule has 32 heavy (non-hydrogen) atoms. The van der Waals surface area contributed by atoms with Crippen molar-refractivity contribution in [1.82, 2.24) is 20.4 Å². The van der Waals surface area contributed by atoms with Crippen LogP contribution in [-0.2, 0) is 9.47 Å². The molecular weight excluding hydrogens is 524 g/mol. The van der Waals surface area contributed by atoms with Gasteiger partial charge in [0.1, 0.15) is 5.82 Å². The topological polar surface area (TPSA) is 61.4 Å². The van der Waals surface area contributed by atoms with E-state index in [0.29, 0.717) is 12.6 Å². The SMILES string of the molecule is CCNC(=NCC(c1ccc(F)cc1)N1CCOCC1)NCC1CN2CCCC2CO1.I. The van der Waals surface area contributed by atoms with Crippen molar-refractivity contribution < 1.29 is 13.9 Å². The number of guanidine groups is 1. The Morgan fingerprint density at radius 2 is 1.97 bits per heavy atom. The quantitative estimate of drug-likeness (QED) is 0.303. The summed E-state index contributed by atoms with van der Waals surface area (Å²) in [5, 5.41) is 6.83. The smallest absolute Gasteiger partial charge is 0.191 e. The molecule has 0 aliphatic carbocycles. The molecule has 0 spiro atoms. The number of nitrogens with one attached hydrogen (secondary N) is 2. The standard InChI is InChI=1S/C23H36FN5O2.HI/c1-2-25-23(26-14-21-16-29-9-3-4-20(29)17-31-21)27-15-22(28-10-12-30-13-11-28)18-5-7-19(24)8-6-18;/h5-8,20-22H,2-4,9-17H2,1H3,(H2,25,26,27);1H. The number of aliphatic imine (C=N–C) groups is 1. The van der Waals surface area contributed by atoms with Gasteiger partial charge in [-0.25, -0.2) is 4.39 Å². The third-order valence-electron chi connectivity index (χ3n) is 6.47. The lowest BCUT2D eigenvalue weighted by molar-refractivity contribution is -0.0453. The Labute approximate surface area is 208 Å². The van der Waals surface area contributed by atoms with Gasteiger partial charge in [0, 0.05) is 38.8 Å². The van der Waals surface area contributed by atoms with E-state index < -0.39 is 0 Å². The molecule has 1 aromatic rings. The number of rotatable bonds is 7. The van der Waals surface area contributed by atoms with Crippen LogP contribution >= 0.6 is 24.0 Å². The number of benzene rings is 1. The van der Waals surface area contributed by atoms with Gasteiger partial charge in [-0.1, -0.05) is 12.1 Å². The van der Waals surface area contributed by atoms with Crippen LogP contribution in [0.1, 0.15) is 31.4 Å². The van der Waals surface area contributed by atoms with E-state index in [-0.39, 0.29) is 41.9 Å². The molecule has 7 nitrogen and oxygen atoms in total. The van der Waals surface area contributed by atoms with E-state index in [1.807, 2.05) is 12.1 Å². The number of hydrogen-bond acceptors (Lipinski definition) is 5.